The molecule has 2 heterocycles. The van der Waals surface area contributed by atoms with Crippen molar-refractivity contribution in [3.63, 3.8) is 0 Å². The van der Waals surface area contributed by atoms with E-state index in [1.807, 2.05) is 6.07 Å². The first kappa shape index (κ1) is 23.1. The second kappa shape index (κ2) is 8.50. The number of aromatic nitrogens is 3. The van der Waals surface area contributed by atoms with Gasteiger partial charge in [0.15, 0.2) is 5.82 Å². The van der Waals surface area contributed by atoms with Crippen molar-refractivity contribution < 1.29 is 0 Å². The van der Waals surface area contributed by atoms with Crippen LogP contribution in [0.25, 0.3) is 72.2 Å². The molecule has 8 aromatic rings. The molecule has 10 rings (SSSR count). The lowest BCUT2D eigenvalue weighted by Gasteiger charge is -2.27. The van der Waals surface area contributed by atoms with Gasteiger partial charge in [-0.1, -0.05) is 109 Å². The standard InChI is InChI=1S/C40H25N3/c1-2-12-24(13-3-1)39-41-34-20-10-8-19-30(34)40(42-39)43-35-21-11-9-18-29(35)33-23-32-28-17-7-6-16-27(28)31-22-25-14-4-5-15-26(25)37(36(31)32)38(33)43/h1-21,23,31H,22H2. The molecule has 0 amide bonds. The highest BCUT2D eigenvalue weighted by atomic mass is 15.1. The summed E-state index contributed by atoms with van der Waals surface area (Å²) in [6.07, 6.45) is 1.02. The smallest absolute Gasteiger partial charge is 0.162 e. The van der Waals surface area contributed by atoms with Gasteiger partial charge in [-0.3, -0.25) is 4.57 Å². The molecule has 0 saturated heterocycles. The summed E-state index contributed by atoms with van der Waals surface area (Å²) in [5.41, 5.74) is 14.1. The van der Waals surface area contributed by atoms with E-state index in [2.05, 4.69) is 132 Å². The van der Waals surface area contributed by atoms with Crippen molar-refractivity contribution >= 4 is 32.7 Å². The zero-order valence-electron chi connectivity index (χ0n) is 23.3. The molecule has 1 atom stereocenters. The molecule has 1 unspecified atom stereocenters. The highest BCUT2D eigenvalue weighted by Crippen LogP contribution is 2.57. The maximum atomic E-state index is 5.37. The first-order valence-electron chi connectivity index (χ1n) is 15.0. The number of nitrogens with zero attached hydrogens (tertiary/aromatic N) is 3. The molecule has 0 fully saturated rings. The van der Waals surface area contributed by atoms with Crippen LogP contribution in [-0.4, -0.2) is 14.5 Å². The maximum Gasteiger partial charge on any atom is 0.162 e. The molecule has 0 saturated carbocycles. The number of fused-ring (bicyclic) bond motifs is 10. The molecule has 0 bridgehead atoms. The minimum atomic E-state index is 0.342. The minimum absolute atomic E-state index is 0.342. The molecule has 6 aromatic carbocycles. The molecule has 0 aliphatic heterocycles. The minimum Gasteiger partial charge on any atom is -0.293 e. The van der Waals surface area contributed by atoms with E-state index in [9.17, 15) is 0 Å². The molecule has 0 N–H and O–H groups in total. The Labute approximate surface area is 248 Å². The number of rotatable bonds is 2. The van der Waals surface area contributed by atoms with Gasteiger partial charge in [0.1, 0.15) is 5.82 Å². The van der Waals surface area contributed by atoms with Gasteiger partial charge in [0.2, 0.25) is 0 Å². The summed E-state index contributed by atoms with van der Waals surface area (Å²) >= 11 is 0. The third-order valence-electron chi connectivity index (χ3n) is 9.51. The average Bonchev–Trinajstić information content (AvgIpc) is 3.58. The van der Waals surface area contributed by atoms with Crippen LogP contribution in [0, 0.1) is 0 Å². The Balaban J connectivity index is 1.42. The molecular formula is C40H25N3. The van der Waals surface area contributed by atoms with E-state index in [1.54, 1.807) is 0 Å². The molecule has 2 aliphatic carbocycles. The van der Waals surface area contributed by atoms with Crippen LogP contribution in [0.15, 0.2) is 133 Å². The van der Waals surface area contributed by atoms with Gasteiger partial charge >= 0.3 is 0 Å². The van der Waals surface area contributed by atoms with Crippen molar-refractivity contribution in [2.24, 2.45) is 0 Å². The molecule has 0 radical (unpaired) electrons. The summed E-state index contributed by atoms with van der Waals surface area (Å²) < 4.78 is 2.43. The van der Waals surface area contributed by atoms with Crippen LogP contribution < -0.4 is 0 Å². The summed E-state index contributed by atoms with van der Waals surface area (Å²) in [7, 11) is 0. The van der Waals surface area contributed by atoms with Crippen molar-refractivity contribution in [3.8, 4) is 39.5 Å². The van der Waals surface area contributed by atoms with Gasteiger partial charge < -0.3 is 0 Å². The largest absolute Gasteiger partial charge is 0.293 e. The van der Waals surface area contributed by atoms with Gasteiger partial charge in [0.05, 0.1) is 16.6 Å². The molecule has 2 aromatic heterocycles. The van der Waals surface area contributed by atoms with Gasteiger partial charge in [-0.15, -0.1) is 0 Å². The second-order valence-corrected chi connectivity index (χ2v) is 11.7. The predicted octanol–water partition coefficient (Wildman–Crippen LogP) is 9.73. The van der Waals surface area contributed by atoms with Crippen molar-refractivity contribution in [1.29, 1.82) is 0 Å². The number of para-hydroxylation sites is 2. The van der Waals surface area contributed by atoms with Crippen LogP contribution >= 0.6 is 0 Å². The van der Waals surface area contributed by atoms with Crippen LogP contribution in [-0.2, 0) is 6.42 Å². The molecule has 0 spiro atoms. The summed E-state index contributed by atoms with van der Waals surface area (Å²) in [6, 6.07) is 48.0. The lowest BCUT2D eigenvalue weighted by Crippen LogP contribution is -2.11. The number of hydrogen-bond acceptors (Lipinski definition) is 2. The molecular weight excluding hydrogens is 522 g/mol. The zero-order valence-corrected chi connectivity index (χ0v) is 23.3. The molecule has 3 heteroatoms. The van der Waals surface area contributed by atoms with E-state index in [1.165, 1.54) is 55.2 Å². The fraction of sp³-hybridized carbons (Fsp3) is 0.0500. The molecule has 2 aliphatic rings. The third kappa shape index (κ3) is 3.09. The highest BCUT2D eigenvalue weighted by Gasteiger charge is 2.38. The quantitative estimate of drug-likeness (QED) is 0.216. The normalized spacial score (nSPS) is 14.7. The van der Waals surface area contributed by atoms with Gasteiger partial charge in [0, 0.05) is 33.2 Å². The van der Waals surface area contributed by atoms with Crippen molar-refractivity contribution in [2.45, 2.75) is 12.3 Å². The molecule has 200 valence electrons. The van der Waals surface area contributed by atoms with Crippen molar-refractivity contribution in [2.75, 3.05) is 0 Å². The summed E-state index contributed by atoms with van der Waals surface area (Å²) in [6.45, 7) is 0. The Hall–Kier alpha value is -5.54. The van der Waals surface area contributed by atoms with E-state index in [-0.39, 0.29) is 0 Å². The zero-order chi connectivity index (χ0) is 28.1. The Morgan fingerprint density at radius 1 is 0.581 bits per heavy atom. The Morgan fingerprint density at radius 2 is 1.30 bits per heavy atom. The van der Waals surface area contributed by atoms with Crippen LogP contribution in [0.2, 0.25) is 0 Å². The van der Waals surface area contributed by atoms with E-state index in [0.29, 0.717) is 5.92 Å². The van der Waals surface area contributed by atoms with Gasteiger partial charge in [-0.2, -0.15) is 0 Å². The summed E-state index contributed by atoms with van der Waals surface area (Å²) in [5.74, 6) is 2.00. The Kier molecular flexibility index (Phi) is 4.56. The van der Waals surface area contributed by atoms with E-state index < -0.39 is 0 Å². The maximum absolute atomic E-state index is 5.37. The topological polar surface area (TPSA) is 30.7 Å². The van der Waals surface area contributed by atoms with Crippen LogP contribution in [0.1, 0.15) is 22.6 Å². The average molecular weight is 548 g/mol. The van der Waals surface area contributed by atoms with Crippen molar-refractivity contribution in [1.82, 2.24) is 14.5 Å². The van der Waals surface area contributed by atoms with Crippen LogP contribution in [0.4, 0.5) is 0 Å². The fourth-order valence-corrected chi connectivity index (χ4v) is 7.74. The highest BCUT2D eigenvalue weighted by molar-refractivity contribution is 6.18. The lowest BCUT2D eigenvalue weighted by atomic mass is 9.77. The monoisotopic (exact) mass is 547 g/mol. The summed E-state index contributed by atoms with van der Waals surface area (Å²) in [5, 5.41) is 3.55. The fourth-order valence-electron chi connectivity index (χ4n) is 7.74. The molecule has 43 heavy (non-hydrogen) atoms. The van der Waals surface area contributed by atoms with Gasteiger partial charge in [-0.05, 0) is 64.1 Å². The first-order valence-corrected chi connectivity index (χ1v) is 15.0. The van der Waals surface area contributed by atoms with Crippen LogP contribution in [0.5, 0.6) is 0 Å². The number of benzene rings is 6. The summed E-state index contributed by atoms with van der Waals surface area (Å²) in [4.78, 5) is 10.4. The third-order valence-corrected chi connectivity index (χ3v) is 9.51. The van der Waals surface area contributed by atoms with E-state index >= 15 is 0 Å². The second-order valence-electron chi connectivity index (χ2n) is 11.7. The van der Waals surface area contributed by atoms with E-state index in [4.69, 9.17) is 9.97 Å². The first-order chi connectivity index (χ1) is 21.3. The van der Waals surface area contributed by atoms with Crippen molar-refractivity contribution in [3.05, 3.63) is 150 Å². The Morgan fingerprint density at radius 3 is 2.21 bits per heavy atom. The Bertz CT molecular complexity index is 2430. The van der Waals surface area contributed by atoms with E-state index in [0.717, 1.165) is 40.0 Å². The molecule has 3 nitrogen and oxygen atoms in total. The lowest BCUT2D eigenvalue weighted by molar-refractivity contribution is 0.816. The van der Waals surface area contributed by atoms with Gasteiger partial charge in [0.25, 0.3) is 0 Å². The van der Waals surface area contributed by atoms with Gasteiger partial charge in [-0.25, -0.2) is 9.97 Å². The van der Waals surface area contributed by atoms with Crippen LogP contribution in [0.3, 0.4) is 0 Å². The number of hydrogen-bond donors (Lipinski definition) is 0. The SMILES string of the molecule is c1ccc(-c2nc(-n3c4ccccc4c4cc5c6c(c43)-c3ccccc3CC6c3ccccc3-5)c3ccccc3n2)cc1. The predicted molar refractivity (Wildman–Crippen MR) is 176 cm³/mol.